The second-order valence-electron chi connectivity index (χ2n) is 4.94. The molecule has 0 fully saturated rings. The summed E-state index contributed by atoms with van der Waals surface area (Å²) in [5.74, 6) is -0.157. The van der Waals surface area contributed by atoms with E-state index < -0.39 is 6.04 Å². The zero-order chi connectivity index (χ0) is 15.2. The normalized spacial score (nSPS) is 12.0. The molecule has 110 valence electrons. The standard InChI is InChI=1S/C17H19BrN2O/c1-2-13-11-14(18)8-9-16(13)20-17(21)15(19)10-12-6-4-3-5-7-12/h3-9,11,15H,2,10,19H2,1H3,(H,20,21)/t15-/m0/s1. The Balaban J connectivity index is 2.04. The highest BCUT2D eigenvalue weighted by Gasteiger charge is 2.15. The van der Waals surface area contributed by atoms with Crippen molar-refractivity contribution in [1.29, 1.82) is 0 Å². The van der Waals surface area contributed by atoms with Gasteiger partial charge in [0.2, 0.25) is 5.91 Å². The van der Waals surface area contributed by atoms with Crippen LogP contribution >= 0.6 is 15.9 Å². The minimum absolute atomic E-state index is 0.157. The fourth-order valence-electron chi connectivity index (χ4n) is 2.16. The third-order valence-corrected chi connectivity index (χ3v) is 3.83. The molecule has 21 heavy (non-hydrogen) atoms. The van der Waals surface area contributed by atoms with Crippen LogP contribution in [0.4, 0.5) is 5.69 Å². The molecule has 0 radical (unpaired) electrons. The summed E-state index contributed by atoms with van der Waals surface area (Å²) in [5.41, 5.74) is 8.97. The van der Waals surface area contributed by atoms with E-state index in [9.17, 15) is 4.79 Å². The highest BCUT2D eigenvalue weighted by atomic mass is 79.9. The number of rotatable bonds is 5. The van der Waals surface area contributed by atoms with E-state index in [0.29, 0.717) is 6.42 Å². The van der Waals surface area contributed by atoms with E-state index in [0.717, 1.165) is 27.7 Å². The quantitative estimate of drug-likeness (QED) is 0.870. The lowest BCUT2D eigenvalue weighted by molar-refractivity contribution is -0.117. The molecule has 0 saturated heterocycles. The molecule has 0 saturated carbocycles. The Morgan fingerprint density at radius 1 is 1.24 bits per heavy atom. The number of amides is 1. The SMILES string of the molecule is CCc1cc(Br)ccc1NC(=O)[C@@H](N)Cc1ccccc1. The van der Waals surface area contributed by atoms with Gasteiger partial charge >= 0.3 is 0 Å². The van der Waals surface area contributed by atoms with Crippen molar-refractivity contribution < 1.29 is 4.79 Å². The highest BCUT2D eigenvalue weighted by molar-refractivity contribution is 9.10. The number of benzene rings is 2. The second-order valence-corrected chi connectivity index (χ2v) is 5.86. The number of anilines is 1. The van der Waals surface area contributed by atoms with Crippen LogP contribution in [0.1, 0.15) is 18.1 Å². The fraction of sp³-hybridized carbons (Fsp3) is 0.235. The van der Waals surface area contributed by atoms with Crippen LogP contribution in [0.5, 0.6) is 0 Å². The number of carbonyl (C=O) groups is 1. The molecule has 1 atom stereocenters. The summed E-state index contributed by atoms with van der Waals surface area (Å²) in [6.07, 6.45) is 1.38. The maximum absolute atomic E-state index is 12.2. The predicted molar refractivity (Wildman–Crippen MR) is 90.3 cm³/mol. The number of nitrogens with two attached hydrogens (primary N) is 1. The number of hydrogen-bond acceptors (Lipinski definition) is 2. The third kappa shape index (κ3) is 4.41. The summed E-state index contributed by atoms with van der Waals surface area (Å²) in [7, 11) is 0. The molecule has 3 N–H and O–H groups in total. The molecule has 4 heteroatoms. The molecule has 1 amide bonds. The largest absolute Gasteiger partial charge is 0.324 e. The van der Waals surface area contributed by atoms with E-state index in [2.05, 4.69) is 28.2 Å². The monoisotopic (exact) mass is 346 g/mol. The van der Waals surface area contributed by atoms with Crippen LogP contribution < -0.4 is 11.1 Å². The molecule has 2 aromatic rings. The van der Waals surface area contributed by atoms with Gasteiger partial charge < -0.3 is 11.1 Å². The second kappa shape index (κ2) is 7.38. The van der Waals surface area contributed by atoms with E-state index in [1.165, 1.54) is 0 Å². The van der Waals surface area contributed by atoms with Crippen LogP contribution in [0, 0.1) is 0 Å². The zero-order valence-corrected chi connectivity index (χ0v) is 13.6. The Morgan fingerprint density at radius 3 is 2.62 bits per heavy atom. The van der Waals surface area contributed by atoms with Gasteiger partial charge in [0.05, 0.1) is 6.04 Å². The van der Waals surface area contributed by atoms with Crippen LogP contribution in [0.2, 0.25) is 0 Å². The minimum atomic E-state index is -0.555. The summed E-state index contributed by atoms with van der Waals surface area (Å²) < 4.78 is 1.01. The van der Waals surface area contributed by atoms with Gasteiger partial charge in [-0.1, -0.05) is 53.2 Å². The number of nitrogens with one attached hydrogen (secondary N) is 1. The smallest absolute Gasteiger partial charge is 0.241 e. The van der Waals surface area contributed by atoms with Crippen molar-refractivity contribution in [3.8, 4) is 0 Å². The van der Waals surface area contributed by atoms with Gasteiger partial charge in [-0.15, -0.1) is 0 Å². The molecule has 0 aliphatic rings. The summed E-state index contributed by atoms with van der Waals surface area (Å²) >= 11 is 3.44. The van der Waals surface area contributed by atoms with Gasteiger partial charge in [-0.2, -0.15) is 0 Å². The molecule has 0 heterocycles. The first-order chi connectivity index (χ1) is 10.1. The van der Waals surface area contributed by atoms with Crippen LogP contribution in [0.3, 0.4) is 0 Å². The first-order valence-electron chi connectivity index (χ1n) is 6.99. The topological polar surface area (TPSA) is 55.1 Å². The van der Waals surface area contributed by atoms with Crippen molar-refractivity contribution in [1.82, 2.24) is 0 Å². The summed E-state index contributed by atoms with van der Waals surface area (Å²) in [5, 5.41) is 2.92. The van der Waals surface area contributed by atoms with Crippen LogP contribution in [-0.4, -0.2) is 11.9 Å². The summed E-state index contributed by atoms with van der Waals surface area (Å²) in [4.78, 5) is 12.2. The van der Waals surface area contributed by atoms with Gasteiger partial charge in [0.1, 0.15) is 0 Å². The Hall–Kier alpha value is -1.65. The number of halogens is 1. The maximum Gasteiger partial charge on any atom is 0.241 e. The fourth-order valence-corrected chi connectivity index (χ4v) is 2.57. The van der Waals surface area contributed by atoms with Crippen LogP contribution in [0.25, 0.3) is 0 Å². The van der Waals surface area contributed by atoms with Gasteiger partial charge in [-0.3, -0.25) is 4.79 Å². The van der Waals surface area contributed by atoms with Crippen LogP contribution in [0.15, 0.2) is 53.0 Å². The molecule has 0 unspecified atom stereocenters. The average Bonchev–Trinajstić information content (AvgIpc) is 2.49. The Kier molecular flexibility index (Phi) is 5.53. The third-order valence-electron chi connectivity index (χ3n) is 3.34. The Bertz CT molecular complexity index is 613. The predicted octanol–water partition coefficient (Wildman–Crippen LogP) is 3.52. The number of hydrogen-bond donors (Lipinski definition) is 2. The molecule has 0 aliphatic heterocycles. The van der Waals surface area contributed by atoms with Crippen molar-refractivity contribution in [2.24, 2.45) is 5.73 Å². The lowest BCUT2D eigenvalue weighted by Crippen LogP contribution is -2.37. The molecule has 2 rings (SSSR count). The summed E-state index contributed by atoms with van der Waals surface area (Å²) in [6, 6.07) is 15.1. The molecule has 2 aromatic carbocycles. The van der Waals surface area contributed by atoms with Gasteiger partial charge in [0.15, 0.2) is 0 Å². The maximum atomic E-state index is 12.2. The molecule has 0 bridgehead atoms. The van der Waals surface area contributed by atoms with Crippen molar-refractivity contribution >= 4 is 27.5 Å². The lowest BCUT2D eigenvalue weighted by atomic mass is 10.1. The van der Waals surface area contributed by atoms with Crippen molar-refractivity contribution in [2.75, 3.05) is 5.32 Å². The molecular formula is C17H19BrN2O. The first kappa shape index (κ1) is 15.7. The highest BCUT2D eigenvalue weighted by Crippen LogP contribution is 2.21. The van der Waals surface area contributed by atoms with Crippen molar-refractivity contribution in [2.45, 2.75) is 25.8 Å². The Morgan fingerprint density at radius 2 is 1.95 bits per heavy atom. The summed E-state index contributed by atoms with van der Waals surface area (Å²) in [6.45, 7) is 2.06. The molecule has 3 nitrogen and oxygen atoms in total. The van der Waals surface area contributed by atoms with E-state index in [1.54, 1.807) is 0 Å². The van der Waals surface area contributed by atoms with E-state index in [4.69, 9.17) is 5.73 Å². The zero-order valence-electron chi connectivity index (χ0n) is 12.0. The van der Waals surface area contributed by atoms with Gasteiger partial charge in [0, 0.05) is 10.2 Å². The molecule has 0 aromatic heterocycles. The van der Waals surface area contributed by atoms with E-state index in [1.807, 2.05) is 48.5 Å². The van der Waals surface area contributed by atoms with Crippen molar-refractivity contribution in [3.05, 3.63) is 64.1 Å². The Labute approximate surface area is 133 Å². The first-order valence-corrected chi connectivity index (χ1v) is 7.78. The molecule has 0 spiro atoms. The minimum Gasteiger partial charge on any atom is -0.324 e. The molecular weight excluding hydrogens is 328 g/mol. The van der Waals surface area contributed by atoms with Gasteiger partial charge in [-0.25, -0.2) is 0 Å². The lowest BCUT2D eigenvalue weighted by Gasteiger charge is -2.15. The average molecular weight is 347 g/mol. The van der Waals surface area contributed by atoms with E-state index in [-0.39, 0.29) is 5.91 Å². The van der Waals surface area contributed by atoms with Crippen molar-refractivity contribution in [3.63, 3.8) is 0 Å². The molecule has 0 aliphatic carbocycles. The van der Waals surface area contributed by atoms with E-state index >= 15 is 0 Å². The van der Waals surface area contributed by atoms with Gasteiger partial charge in [0.25, 0.3) is 0 Å². The van der Waals surface area contributed by atoms with Crippen LogP contribution in [-0.2, 0) is 17.6 Å². The number of carbonyl (C=O) groups excluding carboxylic acids is 1. The van der Waals surface area contributed by atoms with Gasteiger partial charge in [-0.05, 0) is 42.2 Å². The number of aryl methyl sites for hydroxylation is 1.